The van der Waals surface area contributed by atoms with Gasteiger partial charge in [0.1, 0.15) is 11.4 Å². The molecule has 1 aromatic carbocycles. The number of hydrogen-bond donors (Lipinski definition) is 2. The SMILES string of the molecule is CCN(CC)C(CNC(=O)c1[nH]c2c(c1C)C(=O)CC(C)(C)C2)c1cccc(OC)c1. The zero-order valence-corrected chi connectivity index (χ0v) is 19.6. The van der Waals surface area contributed by atoms with Crippen LogP contribution in [0.2, 0.25) is 0 Å². The third kappa shape index (κ3) is 4.85. The molecule has 1 aromatic heterocycles. The fourth-order valence-corrected chi connectivity index (χ4v) is 4.71. The van der Waals surface area contributed by atoms with E-state index < -0.39 is 0 Å². The van der Waals surface area contributed by atoms with Gasteiger partial charge in [-0.2, -0.15) is 0 Å². The van der Waals surface area contributed by atoms with Crippen molar-refractivity contribution < 1.29 is 14.3 Å². The molecule has 6 heteroatoms. The van der Waals surface area contributed by atoms with Crippen molar-refractivity contribution in [3.63, 3.8) is 0 Å². The number of fused-ring (bicyclic) bond motifs is 1. The molecule has 1 amide bonds. The first kappa shape index (κ1) is 23.1. The van der Waals surface area contributed by atoms with E-state index in [0.29, 0.717) is 24.2 Å². The number of benzene rings is 1. The number of carbonyl (C=O) groups is 2. The van der Waals surface area contributed by atoms with Crippen molar-refractivity contribution in [2.45, 2.75) is 53.5 Å². The molecular formula is C25H35N3O3. The second-order valence-corrected chi connectivity index (χ2v) is 9.14. The number of nitrogens with one attached hydrogen (secondary N) is 2. The molecule has 2 aromatic rings. The number of H-pyrrole nitrogens is 1. The Morgan fingerprint density at radius 1 is 1.26 bits per heavy atom. The average Bonchev–Trinajstić information content (AvgIpc) is 3.06. The molecular weight excluding hydrogens is 390 g/mol. The Kier molecular flexibility index (Phi) is 6.90. The van der Waals surface area contributed by atoms with Crippen LogP contribution in [-0.4, -0.2) is 48.3 Å². The van der Waals surface area contributed by atoms with E-state index in [2.05, 4.69) is 49.0 Å². The van der Waals surface area contributed by atoms with Gasteiger partial charge in [-0.3, -0.25) is 14.5 Å². The van der Waals surface area contributed by atoms with Crippen LogP contribution in [0.25, 0.3) is 0 Å². The maximum absolute atomic E-state index is 13.1. The highest BCUT2D eigenvalue weighted by atomic mass is 16.5. The number of ether oxygens (including phenoxy) is 1. The summed E-state index contributed by atoms with van der Waals surface area (Å²) in [4.78, 5) is 31.4. The summed E-state index contributed by atoms with van der Waals surface area (Å²) in [7, 11) is 1.66. The molecule has 0 radical (unpaired) electrons. The summed E-state index contributed by atoms with van der Waals surface area (Å²) in [5, 5.41) is 3.11. The number of nitrogens with zero attached hydrogens (tertiary/aromatic N) is 1. The van der Waals surface area contributed by atoms with Gasteiger partial charge in [-0.15, -0.1) is 0 Å². The molecule has 1 aliphatic rings. The molecule has 0 aliphatic heterocycles. The third-order valence-electron chi connectivity index (χ3n) is 6.32. The molecule has 6 nitrogen and oxygen atoms in total. The van der Waals surface area contributed by atoms with Crippen molar-refractivity contribution in [3.8, 4) is 5.75 Å². The number of rotatable bonds is 8. The van der Waals surface area contributed by atoms with Gasteiger partial charge < -0.3 is 15.0 Å². The Balaban J connectivity index is 1.82. The number of aromatic amines is 1. The summed E-state index contributed by atoms with van der Waals surface area (Å²) in [5.41, 5.74) is 3.86. The Morgan fingerprint density at radius 2 is 1.97 bits per heavy atom. The number of ketones is 1. The summed E-state index contributed by atoms with van der Waals surface area (Å²) in [6.45, 7) is 12.5. The number of likely N-dealkylation sites (N-methyl/N-ethyl adjacent to an activating group) is 1. The first-order valence-electron chi connectivity index (χ1n) is 11.1. The van der Waals surface area contributed by atoms with Crippen LogP contribution in [0.1, 0.15) is 77.8 Å². The number of carbonyl (C=O) groups excluding carboxylic acids is 2. The highest BCUT2D eigenvalue weighted by Crippen LogP contribution is 2.36. The molecule has 0 fully saturated rings. The molecule has 1 unspecified atom stereocenters. The summed E-state index contributed by atoms with van der Waals surface area (Å²) in [6, 6.07) is 8.01. The van der Waals surface area contributed by atoms with Gasteiger partial charge in [0.05, 0.1) is 13.2 Å². The smallest absolute Gasteiger partial charge is 0.268 e. The van der Waals surface area contributed by atoms with Crippen LogP contribution >= 0.6 is 0 Å². The molecule has 1 heterocycles. The maximum atomic E-state index is 13.1. The molecule has 0 bridgehead atoms. The molecule has 168 valence electrons. The standard InChI is InChI=1S/C25H35N3O3/c1-7-28(8-2)20(17-10-9-11-18(12-17)31-6)15-26-24(30)23-16(3)22-19(27-23)13-25(4,5)14-21(22)29/h9-12,20,27H,7-8,13-15H2,1-6H3,(H,26,30). The number of hydrogen-bond acceptors (Lipinski definition) is 4. The van der Waals surface area contributed by atoms with Gasteiger partial charge in [0.25, 0.3) is 5.91 Å². The number of Topliss-reactive ketones (excluding diaryl/α,β-unsaturated/α-hetero) is 1. The van der Waals surface area contributed by atoms with E-state index in [1.807, 2.05) is 25.1 Å². The van der Waals surface area contributed by atoms with E-state index in [-0.39, 0.29) is 23.1 Å². The number of aromatic nitrogens is 1. The van der Waals surface area contributed by atoms with Crippen molar-refractivity contribution in [2.24, 2.45) is 5.41 Å². The van der Waals surface area contributed by atoms with Gasteiger partial charge in [-0.25, -0.2) is 0 Å². The fraction of sp³-hybridized carbons (Fsp3) is 0.520. The van der Waals surface area contributed by atoms with Crippen molar-refractivity contribution in [2.75, 3.05) is 26.7 Å². The topological polar surface area (TPSA) is 74.4 Å². The summed E-state index contributed by atoms with van der Waals surface area (Å²) in [6.07, 6.45) is 1.29. The Morgan fingerprint density at radius 3 is 2.61 bits per heavy atom. The van der Waals surface area contributed by atoms with Gasteiger partial charge in [0, 0.05) is 24.2 Å². The van der Waals surface area contributed by atoms with Crippen LogP contribution in [0.3, 0.4) is 0 Å². The Labute approximate surface area is 185 Å². The second-order valence-electron chi connectivity index (χ2n) is 9.14. The Hall–Kier alpha value is -2.60. The van der Waals surface area contributed by atoms with Crippen LogP contribution in [0.4, 0.5) is 0 Å². The lowest BCUT2D eigenvalue weighted by Crippen LogP contribution is -2.38. The summed E-state index contributed by atoms with van der Waals surface area (Å²) in [5.74, 6) is 0.754. The molecule has 3 rings (SSSR count). The van der Waals surface area contributed by atoms with Crippen molar-refractivity contribution >= 4 is 11.7 Å². The number of amides is 1. The highest BCUT2D eigenvalue weighted by Gasteiger charge is 2.35. The maximum Gasteiger partial charge on any atom is 0.268 e. The second kappa shape index (κ2) is 9.27. The van der Waals surface area contributed by atoms with Gasteiger partial charge in [0.15, 0.2) is 5.78 Å². The van der Waals surface area contributed by atoms with Crippen LogP contribution in [0.15, 0.2) is 24.3 Å². The van der Waals surface area contributed by atoms with Crippen molar-refractivity contribution in [1.82, 2.24) is 15.2 Å². The lowest BCUT2D eigenvalue weighted by atomic mass is 9.75. The van der Waals surface area contributed by atoms with Crippen LogP contribution in [0, 0.1) is 12.3 Å². The van der Waals surface area contributed by atoms with Crippen LogP contribution in [-0.2, 0) is 6.42 Å². The minimum atomic E-state index is -0.169. The van der Waals surface area contributed by atoms with E-state index in [1.54, 1.807) is 7.11 Å². The van der Waals surface area contributed by atoms with Gasteiger partial charge in [-0.1, -0.05) is 39.8 Å². The van der Waals surface area contributed by atoms with Gasteiger partial charge in [0.2, 0.25) is 0 Å². The molecule has 0 saturated heterocycles. The van der Waals surface area contributed by atoms with E-state index in [0.717, 1.165) is 42.1 Å². The quantitative estimate of drug-likeness (QED) is 0.661. The molecule has 1 aliphatic carbocycles. The average molecular weight is 426 g/mol. The van der Waals surface area contributed by atoms with Crippen molar-refractivity contribution in [1.29, 1.82) is 0 Å². The normalized spacial score (nSPS) is 16.2. The predicted molar refractivity (Wildman–Crippen MR) is 123 cm³/mol. The molecule has 31 heavy (non-hydrogen) atoms. The molecule has 0 saturated carbocycles. The van der Waals surface area contributed by atoms with E-state index in [1.165, 1.54) is 0 Å². The van der Waals surface area contributed by atoms with E-state index >= 15 is 0 Å². The molecule has 1 atom stereocenters. The Bertz CT molecular complexity index is 957. The zero-order valence-electron chi connectivity index (χ0n) is 19.6. The number of methoxy groups -OCH3 is 1. The largest absolute Gasteiger partial charge is 0.497 e. The first-order valence-corrected chi connectivity index (χ1v) is 11.1. The molecule has 0 spiro atoms. The lowest BCUT2D eigenvalue weighted by Gasteiger charge is -2.30. The minimum absolute atomic E-state index is 0.0273. The summed E-state index contributed by atoms with van der Waals surface area (Å²) < 4.78 is 5.39. The third-order valence-corrected chi connectivity index (χ3v) is 6.32. The van der Waals surface area contributed by atoms with Gasteiger partial charge in [-0.05, 0) is 55.1 Å². The predicted octanol–water partition coefficient (Wildman–Crippen LogP) is 4.30. The van der Waals surface area contributed by atoms with Crippen LogP contribution in [0.5, 0.6) is 5.75 Å². The van der Waals surface area contributed by atoms with E-state index in [4.69, 9.17) is 4.74 Å². The highest BCUT2D eigenvalue weighted by molar-refractivity contribution is 6.04. The van der Waals surface area contributed by atoms with Crippen molar-refractivity contribution in [3.05, 3.63) is 52.3 Å². The molecule has 2 N–H and O–H groups in total. The zero-order chi connectivity index (χ0) is 22.8. The minimum Gasteiger partial charge on any atom is -0.497 e. The van der Waals surface area contributed by atoms with Gasteiger partial charge >= 0.3 is 0 Å². The van der Waals surface area contributed by atoms with Crippen LogP contribution < -0.4 is 10.1 Å². The lowest BCUT2D eigenvalue weighted by molar-refractivity contribution is 0.0908. The van der Waals surface area contributed by atoms with E-state index in [9.17, 15) is 9.59 Å². The summed E-state index contributed by atoms with van der Waals surface area (Å²) >= 11 is 0. The fourth-order valence-electron chi connectivity index (χ4n) is 4.71. The first-order chi connectivity index (χ1) is 14.7. The monoisotopic (exact) mass is 425 g/mol.